The molecule has 25 heavy (non-hydrogen) atoms. The lowest BCUT2D eigenvalue weighted by molar-refractivity contribution is -0.151. The molecule has 1 unspecified atom stereocenters. The van der Waals surface area contributed by atoms with E-state index in [0.29, 0.717) is 5.75 Å². The highest BCUT2D eigenvalue weighted by atomic mass is 32.2. The van der Waals surface area contributed by atoms with Gasteiger partial charge in [0.1, 0.15) is 11.1 Å². The van der Waals surface area contributed by atoms with Gasteiger partial charge in [-0.3, -0.25) is 20.1 Å². The summed E-state index contributed by atoms with van der Waals surface area (Å²) in [7, 11) is -2.46. The summed E-state index contributed by atoms with van der Waals surface area (Å²) in [5.41, 5.74) is 1.46. The average Bonchev–Trinajstić information content (AvgIpc) is 2.59. The summed E-state index contributed by atoms with van der Waals surface area (Å²) in [6.45, 7) is 3.38. The summed E-state index contributed by atoms with van der Waals surface area (Å²) in [5.74, 6) is -0.906. The molecular weight excluding hydrogens is 350 g/mol. The normalized spacial score (nSPS) is 21.3. The van der Waals surface area contributed by atoms with Crippen molar-refractivity contribution < 1.29 is 28.0 Å². The van der Waals surface area contributed by atoms with Crippen LogP contribution >= 0.6 is 0 Å². The SMILES string of the molecule is COc1ccc(S(=O)(=O)C2CC(=O)N(C(C)C)[C@H](C(=O)NO)N2)cc1. The van der Waals surface area contributed by atoms with Gasteiger partial charge < -0.3 is 9.64 Å². The van der Waals surface area contributed by atoms with Gasteiger partial charge in [-0.15, -0.1) is 0 Å². The molecule has 1 aromatic carbocycles. The van der Waals surface area contributed by atoms with Crippen molar-refractivity contribution in [2.45, 2.75) is 42.7 Å². The van der Waals surface area contributed by atoms with Crippen molar-refractivity contribution in [2.75, 3.05) is 7.11 Å². The van der Waals surface area contributed by atoms with Crippen LogP contribution in [0.4, 0.5) is 0 Å². The fourth-order valence-corrected chi connectivity index (χ4v) is 4.22. The number of carbonyl (C=O) groups excluding carboxylic acids is 2. The first kappa shape index (κ1) is 19.2. The fourth-order valence-electron chi connectivity index (χ4n) is 2.70. The molecule has 0 saturated carbocycles. The molecule has 0 spiro atoms. The Balaban J connectivity index is 2.35. The van der Waals surface area contributed by atoms with Gasteiger partial charge in [-0.2, -0.15) is 0 Å². The van der Waals surface area contributed by atoms with Crippen LogP contribution in [0, 0.1) is 0 Å². The number of hydrogen-bond donors (Lipinski definition) is 3. The first-order chi connectivity index (χ1) is 11.7. The van der Waals surface area contributed by atoms with Crippen LogP contribution in [0.3, 0.4) is 0 Å². The predicted octanol–water partition coefficient (Wildman–Crippen LogP) is -0.143. The maximum atomic E-state index is 12.8. The molecule has 3 N–H and O–H groups in total. The van der Waals surface area contributed by atoms with Gasteiger partial charge in [0.15, 0.2) is 16.0 Å². The van der Waals surface area contributed by atoms with Crippen LogP contribution < -0.4 is 15.5 Å². The molecule has 2 atom stereocenters. The number of ether oxygens (including phenoxy) is 1. The molecule has 1 heterocycles. The number of hydrogen-bond acceptors (Lipinski definition) is 7. The molecule has 1 aliphatic rings. The number of amides is 2. The highest BCUT2D eigenvalue weighted by molar-refractivity contribution is 7.92. The van der Waals surface area contributed by atoms with E-state index in [1.54, 1.807) is 13.8 Å². The Kier molecular flexibility index (Phi) is 5.65. The predicted molar refractivity (Wildman–Crippen MR) is 87.4 cm³/mol. The largest absolute Gasteiger partial charge is 0.497 e. The van der Waals surface area contributed by atoms with E-state index in [1.165, 1.54) is 41.8 Å². The van der Waals surface area contributed by atoms with Gasteiger partial charge >= 0.3 is 0 Å². The Morgan fingerprint density at radius 3 is 2.44 bits per heavy atom. The van der Waals surface area contributed by atoms with E-state index in [4.69, 9.17) is 9.94 Å². The first-order valence-corrected chi connectivity index (χ1v) is 9.16. The van der Waals surface area contributed by atoms with Gasteiger partial charge in [0, 0.05) is 6.04 Å². The monoisotopic (exact) mass is 371 g/mol. The minimum Gasteiger partial charge on any atom is -0.497 e. The van der Waals surface area contributed by atoms with Crippen molar-refractivity contribution in [3.05, 3.63) is 24.3 Å². The maximum Gasteiger partial charge on any atom is 0.281 e. The summed E-state index contributed by atoms with van der Waals surface area (Å²) in [5, 5.41) is 10.3. The highest BCUT2D eigenvalue weighted by Crippen LogP contribution is 2.25. The van der Waals surface area contributed by atoms with Crippen LogP contribution in [-0.4, -0.2) is 55.0 Å². The highest BCUT2D eigenvalue weighted by Gasteiger charge is 2.43. The number of benzene rings is 1. The van der Waals surface area contributed by atoms with E-state index in [2.05, 4.69) is 5.32 Å². The van der Waals surface area contributed by atoms with E-state index >= 15 is 0 Å². The smallest absolute Gasteiger partial charge is 0.281 e. The number of methoxy groups -OCH3 is 1. The molecule has 2 rings (SSSR count). The number of sulfone groups is 1. The molecule has 1 aliphatic heterocycles. The van der Waals surface area contributed by atoms with E-state index in [1.807, 2.05) is 0 Å². The minimum absolute atomic E-state index is 0.000228. The van der Waals surface area contributed by atoms with Gasteiger partial charge in [0.05, 0.1) is 18.4 Å². The Morgan fingerprint density at radius 1 is 1.36 bits per heavy atom. The Labute approximate surface area is 145 Å². The van der Waals surface area contributed by atoms with Gasteiger partial charge in [-0.05, 0) is 38.1 Å². The van der Waals surface area contributed by atoms with Crippen molar-refractivity contribution in [3.8, 4) is 5.75 Å². The lowest BCUT2D eigenvalue weighted by atomic mass is 10.2. The molecule has 1 saturated heterocycles. The first-order valence-electron chi connectivity index (χ1n) is 7.61. The van der Waals surface area contributed by atoms with Gasteiger partial charge in [-0.1, -0.05) is 0 Å². The second kappa shape index (κ2) is 7.38. The zero-order valence-corrected chi connectivity index (χ0v) is 14.9. The molecule has 0 bridgehead atoms. The van der Waals surface area contributed by atoms with E-state index in [9.17, 15) is 18.0 Å². The van der Waals surface area contributed by atoms with Crippen molar-refractivity contribution in [3.63, 3.8) is 0 Å². The Hall–Kier alpha value is -2.17. The summed E-state index contributed by atoms with van der Waals surface area (Å²) in [6, 6.07) is 5.38. The third-order valence-corrected chi connectivity index (χ3v) is 5.93. The van der Waals surface area contributed by atoms with Crippen molar-refractivity contribution in [1.29, 1.82) is 0 Å². The quantitative estimate of drug-likeness (QED) is 0.486. The standard InChI is InChI=1S/C15H21N3O6S/c1-9(2)18-13(19)8-12(16-14(18)15(20)17-21)25(22,23)11-6-4-10(24-3)5-7-11/h4-7,9,12,14,16,21H,8H2,1-3H3,(H,17,20)/t12?,14-/m1/s1. The maximum absolute atomic E-state index is 12.8. The van der Waals surface area contributed by atoms with Crippen molar-refractivity contribution in [1.82, 2.24) is 15.7 Å². The van der Waals surface area contributed by atoms with Gasteiger partial charge in [0.25, 0.3) is 5.91 Å². The number of rotatable bonds is 5. The van der Waals surface area contributed by atoms with Crippen LogP contribution in [-0.2, 0) is 19.4 Å². The molecule has 2 amide bonds. The molecule has 1 aromatic rings. The second-order valence-corrected chi connectivity index (χ2v) is 7.98. The number of nitrogens with one attached hydrogen (secondary N) is 2. The minimum atomic E-state index is -3.92. The van der Waals surface area contributed by atoms with Crippen LogP contribution in [0.15, 0.2) is 29.2 Å². The number of hydroxylamine groups is 1. The zero-order chi connectivity index (χ0) is 18.8. The third kappa shape index (κ3) is 3.75. The van der Waals surface area contributed by atoms with Crippen molar-refractivity contribution in [2.24, 2.45) is 0 Å². The molecule has 0 aliphatic carbocycles. The molecule has 1 fully saturated rings. The van der Waals surface area contributed by atoms with Crippen molar-refractivity contribution >= 4 is 21.7 Å². The van der Waals surface area contributed by atoms with Crippen LogP contribution in [0.2, 0.25) is 0 Å². The Morgan fingerprint density at radius 2 is 1.96 bits per heavy atom. The summed E-state index contributed by atoms with van der Waals surface area (Å²) >= 11 is 0. The van der Waals surface area contributed by atoms with Crippen LogP contribution in [0.25, 0.3) is 0 Å². The van der Waals surface area contributed by atoms with Gasteiger partial charge in [0.2, 0.25) is 5.91 Å². The molecule has 10 heteroatoms. The van der Waals surface area contributed by atoms with Crippen LogP contribution in [0.1, 0.15) is 20.3 Å². The lowest BCUT2D eigenvalue weighted by Crippen LogP contribution is -2.66. The third-order valence-electron chi connectivity index (χ3n) is 3.95. The zero-order valence-electron chi connectivity index (χ0n) is 14.1. The number of nitrogens with zero attached hydrogens (tertiary/aromatic N) is 1. The summed E-state index contributed by atoms with van der Waals surface area (Å²) in [6.07, 6.45) is -1.61. The topological polar surface area (TPSA) is 125 Å². The average molecular weight is 371 g/mol. The van der Waals surface area contributed by atoms with Crippen LogP contribution in [0.5, 0.6) is 5.75 Å². The van der Waals surface area contributed by atoms with Gasteiger partial charge in [-0.25, -0.2) is 13.9 Å². The lowest BCUT2D eigenvalue weighted by Gasteiger charge is -2.40. The Bertz CT molecular complexity index is 747. The molecular formula is C15H21N3O6S. The van der Waals surface area contributed by atoms with E-state index < -0.39 is 33.2 Å². The number of carbonyl (C=O) groups is 2. The molecule has 0 radical (unpaired) electrons. The van der Waals surface area contributed by atoms with E-state index in [0.717, 1.165) is 0 Å². The van der Waals surface area contributed by atoms with E-state index in [-0.39, 0.29) is 17.4 Å². The second-order valence-electron chi connectivity index (χ2n) is 5.85. The summed E-state index contributed by atoms with van der Waals surface area (Å²) < 4.78 is 30.6. The summed E-state index contributed by atoms with van der Waals surface area (Å²) in [4.78, 5) is 25.5. The molecule has 0 aromatic heterocycles. The fraction of sp³-hybridized carbons (Fsp3) is 0.467. The molecule has 9 nitrogen and oxygen atoms in total. The molecule has 138 valence electrons.